The van der Waals surface area contributed by atoms with E-state index in [4.69, 9.17) is 4.74 Å². The molecule has 0 aromatic rings. The van der Waals surface area contributed by atoms with Gasteiger partial charge in [-0.05, 0) is 27.2 Å². The minimum Gasteiger partial charge on any atom is -0.443 e. The number of piperidine rings is 1. The molecule has 0 saturated carbocycles. The molecule has 1 fully saturated rings. The van der Waals surface area contributed by atoms with Crippen LogP contribution in [0.15, 0.2) is 11.9 Å². The summed E-state index contributed by atoms with van der Waals surface area (Å²) in [6.07, 6.45) is 1.86. The molecule has 0 aromatic carbocycles. The highest BCUT2D eigenvalue weighted by Gasteiger charge is 2.41. The van der Waals surface area contributed by atoms with E-state index in [1.54, 1.807) is 11.1 Å². The van der Waals surface area contributed by atoms with E-state index in [0.29, 0.717) is 18.7 Å². The van der Waals surface area contributed by atoms with Crippen LogP contribution in [0.1, 0.15) is 41.0 Å². The number of hydrogen-bond donors (Lipinski definition) is 0. The summed E-state index contributed by atoms with van der Waals surface area (Å²) in [4.78, 5) is 28.0. The fraction of sp³-hybridized carbons (Fsp3) is 0.733. The topological polar surface area (TPSA) is 49.9 Å². The highest BCUT2D eigenvalue weighted by molar-refractivity contribution is 6.02. The minimum atomic E-state index is -0.573. The number of Topliss-reactive ketones (excluding diaryl/α,β-unsaturated/α-hetero) is 1. The fourth-order valence-corrected chi connectivity index (χ4v) is 1.97. The van der Waals surface area contributed by atoms with Crippen LogP contribution in [0, 0.1) is 5.41 Å². The summed E-state index contributed by atoms with van der Waals surface area (Å²) in [5.74, 6) is -0.0247. The second-order valence-electron chi connectivity index (χ2n) is 7.07. The van der Waals surface area contributed by atoms with Gasteiger partial charge in [0.25, 0.3) is 0 Å². The van der Waals surface area contributed by atoms with Crippen LogP contribution >= 0.6 is 0 Å². The first-order valence-electron chi connectivity index (χ1n) is 6.87. The van der Waals surface area contributed by atoms with Crippen molar-refractivity contribution in [2.24, 2.45) is 5.41 Å². The summed E-state index contributed by atoms with van der Waals surface area (Å²) in [5.41, 5.74) is -0.614. The number of carbonyl (C=O) groups is 2. The van der Waals surface area contributed by atoms with Crippen molar-refractivity contribution in [1.82, 2.24) is 9.80 Å². The molecule has 0 aliphatic carbocycles. The first-order valence-corrected chi connectivity index (χ1v) is 6.87. The van der Waals surface area contributed by atoms with Crippen LogP contribution in [-0.2, 0) is 9.53 Å². The van der Waals surface area contributed by atoms with Gasteiger partial charge in [-0.25, -0.2) is 4.79 Å². The van der Waals surface area contributed by atoms with E-state index < -0.39 is 17.1 Å². The van der Waals surface area contributed by atoms with Crippen LogP contribution in [0.3, 0.4) is 0 Å². The first kappa shape index (κ1) is 16.5. The molecule has 5 nitrogen and oxygen atoms in total. The Morgan fingerprint density at radius 1 is 1.35 bits per heavy atom. The molecule has 1 amide bonds. The molecule has 1 aliphatic heterocycles. The van der Waals surface area contributed by atoms with E-state index in [1.165, 1.54) is 4.90 Å². The van der Waals surface area contributed by atoms with E-state index in [1.807, 2.05) is 48.7 Å². The number of allylic oxidation sites excluding steroid dienone is 1. The van der Waals surface area contributed by atoms with Gasteiger partial charge in [0, 0.05) is 32.3 Å². The third kappa shape index (κ3) is 3.99. The van der Waals surface area contributed by atoms with Crippen LogP contribution in [-0.4, -0.2) is 47.9 Å². The predicted octanol–water partition coefficient (Wildman–Crippen LogP) is 2.63. The standard InChI is InChI=1S/C15H26N2O3/c1-14(2,3)20-13(19)17-9-8-15(4,5)12(18)11(17)10-16(6)7/h10H,8-9H2,1-7H3/b11-10+. The van der Waals surface area contributed by atoms with Gasteiger partial charge >= 0.3 is 6.09 Å². The van der Waals surface area contributed by atoms with Gasteiger partial charge < -0.3 is 9.64 Å². The highest BCUT2D eigenvalue weighted by Crippen LogP contribution is 2.33. The van der Waals surface area contributed by atoms with Crippen molar-refractivity contribution in [3.05, 3.63) is 11.9 Å². The summed E-state index contributed by atoms with van der Waals surface area (Å²) in [7, 11) is 3.66. The second kappa shape index (κ2) is 5.46. The van der Waals surface area contributed by atoms with Gasteiger partial charge in [0.1, 0.15) is 11.3 Å². The van der Waals surface area contributed by atoms with Crippen LogP contribution in [0.2, 0.25) is 0 Å². The second-order valence-corrected chi connectivity index (χ2v) is 7.07. The zero-order chi connectivity index (χ0) is 15.7. The maximum atomic E-state index is 12.5. The van der Waals surface area contributed by atoms with Crippen LogP contribution in [0.5, 0.6) is 0 Å². The van der Waals surface area contributed by atoms with Gasteiger partial charge in [-0.3, -0.25) is 9.69 Å². The Kier molecular flexibility index (Phi) is 4.52. The van der Waals surface area contributed by atoms with Gasteiger partial charge in [0.05, 0.1) is 0 Å². The predicted molar refractivity (Wildman–Crippen MR) is 78.1 cm³/mol. The number of ether oxygens (including phenoxy) is 1. The Morgan fingerprint density at radius 2 is 1.90 bits per heavy atom. The number of likely N-dealkylation sites (tertiary alicyclic amines) is 1. The lowest BCUT2D eigenvalue weighted by Crippen LogP contribution is -2.48. The molecule has 0 unspecified atom stereocenters. The van der Waals surface area contributed by atoms with Gasteiger partial charge in [-0.15, -0.1) is 0 Å². The molecule has 1 heterocycles. The summed E-state index contributed by atoms with van der Waals surface area (Å²) in [6, 6.07) is 0. The van der Waals surface area contributed by atoms with Gasteiger partial charge in [0.2, 0.25) is 0 Å². The van der Waals surface area contributed by atoms with Gasteiger partial charge in [-0.1, -0.05) is 13.8 Å². The van der Waals surface area contributed by atoms with E-state index in [-0.39, 0.29) is 5.78 Å². The Balaban J connectivity index is 3.06. The molecule has 0 spiro atoms. The largest absolute Gasteiger partial charge is 0.443 e. The molecular formula is C15H26N2O3. The average Bonchev–Trinajstić information content (AvgIpc) is 2.21. The van der Waals surface area contributed by atoms with E-state index in [9.17, 15) is 9.59 Å². The van der Waals surface area contributed by atoms with Crippen molar-refractivity contribution < 1.29 is 14.3 Å². The molecule has 0 N–H and O–H groups in total. The van der Waals surface area contributed by atoms with Crippen molar-refractivity contribution in [3.63, 3.8) is 0 Å². The highest BCUT2D eigenvalue weighted by atomic mass is 16.6. The third-order valence-electron chi connectivity index (χ3n) is 3.09. The Morgan fingerprint density at radius 3 is 2.35 bits per heavy atom. The lowest BCUT2D eigenvalue weighted by molar-refractivity contribution is -0.127. The molecule has 1 saturated heterocycles. The Bertz CT molecular complexity index is 431. The molecule has 0 radical (unpaired) electrons. The van der Waals surface area contributed by atoms with Crippen molar-refractivity contribution in [1.29, 1.82) is 0 Å². The molecule has 0 atom stereocenters. The molecule has 5 heteroatoms. The summed E-state index contributed by atoms with van der Waals surface area (Å²) >= 11 is 0. The number of nitrogens with zero attached hydrogens (tertiary/aromatic N) is 2. The zero-order valence-corrected chi connectivity index (χ0v) is 13.6. The SMILES string of the molecule is CN(C)/C=C1\C(=O)C(C)(C)CCN1C(=O)OC(C)(C)C. The van der Waals surface area contributed by atoms with Crippen molar-refractivity contribution in [3.8, 4) is 0 Å². The van der Waals surface area contributed by atoms with Crippen molar-refractivity contribution in [2.45, 2.75) is 46.6 Å². The molecular weight excluding hydrogens is 256 g/mol. The monoisotopic (exact) mass is 282 g/mol. The maximum absolute atomic E-state index is 12.5. The summed E-state index contributed by atoms with van der Waals surface area (Å²) < 4.78 is 5.38. The lowest BCUT2D eigenvalue weighted by Gasteiger charge is -2.38. The molecule has 114 valence electrons. The van der Waals surface area contributed by atoms with Crippen LogP contribution < -0.4 is 0 Å². The molecule has 1 rings (SSSR count). The normalized spacial score (nSPS) is 21.1. The number of rotatable bonds is 1. The zero-order valence-electron chi connectivity index (χ0n) is 13.6. The quantitative estimate of drug-likeness (QED) is 0.694. The maximum Gasteiger partial charge on any atom is 0.414 e. The van der Waals surface area contributed by atoms with Crippen LogP contribution in [0.4, 0.5) is 4.79 Å². The first-order chi connectivity index (χ1) is 8.94. The fourth-order valence-electron chi connectivity index (χ4n) is 1.97. The number of amides is 1. The van der Waals surface area contributed by atoms with Crippen LogP contribution in [0.25, 0.3) is 0 Å². The lowest BCUT2D eigenvalue weighted by atomic mass is 9.80. The Labute approximate surface area is 121 Å². The van der Waals surface area contributed by atoms with Gasteiger partial charge in [0.15, 0.2) is 5.78 Å². The Hall–Kier alpha value is -1.52. The molecule has 1 aliphatic rings. The molecule has 0 bridgehead atoms. The van der Waals surface area contributed by atoms with E-state index in [0.717, 1.165) is 0 Å². The van der Waals surface area contributed by atoms with E-state index >= 15 is 0 Å². The number of carbonyl (C=O) groups excluding carboxylic acids is 2. The van der Waals surface area contributed by atoms with E-state index in [2.05, 4.69) is 0 Å². The number of hydrogen-bond acceptors (Lipinski definition) is 4. The van der Waals surface area contributed by atoms with Gasteiger partial charge in [-0.2, -0.15) is 0 Å². The van der Waals surface area contributed by atoms with Crippen molar-refractivity contribution >= 4 is 11.9 Å². The third-order valence-corrected chi connectivity index (χ3v) is 3.09. The molecule has 0 aromatic heterocycles. The summed E-state index contributed by atoms with van der Waals surface area (Å²) in [5, 5.41) is 0. The number of ketones is 1. The summed E-state index contributed by atoms with van der Waals surface area (Å²) in [6.45, 7) is 9.76. The minimum absolute atomic E-state index is 0.0247. The molecule has 20 heavy (non-hydrogen) atoms. The average molecular weight is 282 g/mol. The smallest absolute Gasteiger partial charge is 0.414 e. The van der Waals surface area contributed by atoms with Crippen molar-refractivity contribution in [2.75, 3.05) is 20.6 Å².